The highest BCUT2D eigenvalue weighted by molar-refractivity contribution is 9.10. The smallest absolute Gasteiger partial charge is 0.264 e. The Kier molecular flexibility index (Phi) is 3.19. The van der Waals surface area contributed by atoms with Gasteiger partial charge >= 0.3 is 0 Å². The molecule has 1 aromatic rings. The van der Waals surface area contributed by atoms with Crippen molar-refractivity contribution in [2.24, 2.45) is 0 Å². The van der Waals surface area contributed by atoms with Gasteiger partial charge in [-0.05, 0) is 23.8 Å². The summed E-state index contributed by atoms with van der Waals surface area (Å²) in [6, 6.07) is 7.60. The van der Waals surface area contributed by atoms with Gasteiger partial charge < -0.3 is 14.7 Å². The van der Waals surface area contributed by atoms with Crippen LogP contribution in [0.5, 0.6) is 5.75 Å². The van der Waals surface area contributed by atoms with E-state index in [-0.39, 0.29) is 25.4 Å². The molecule has 3 rings (SSSR count). The molecule has 0 saturated carbocycles. The quantitative estimate of drug-likeness (QED) is 0.881. The van der Waals surface area contributed by atoms with E-state index in [1.807, 2.05) is 24.3 Å². The Hall–Kier alpha value is -1.58. The van der Waals surface area contributed by atoms with E-state index in [1.165, 1.54) is 0 Å². The Bertz CT molecular complexity index is 605. The highest BCUT2D eigenvalue weighted by Crippen LogP contribution is 2.33. The van der Waals surface area contributed by atoms with E-state index < -0.39 is 11.7 Å². The molecule has 1 fully saturated rings. The summed E-state index contributed by atoms with van der Waals surface area (Å²) in [7, 11) is 0. The number of halogens is 1. The molecule has 0 bridgehead atoms. The average Bonchev–Trinajstić information content (AvgIpc) is 2.78. The number of carbonyl (C=O) groups excluding carboxylic acids is 1. The van der Waals surface area contributed by atoms with Gasteiger partial charge in [0.05, 0.1) is 25.6 Å². The first-order chi connectivity index (χ1) is 9.50. The van der Waals surface area contributed by atoms with Crippen LogP contribution in [0.1, 0.15) is 12.0 Å². The minimum Gasteiger partial charge on any atom is -0.480 e. The molecule has 104 valence electrons. The topological polar surface area (TPSA) is 73.6 Å². The number of hydrogen-bond donors (Lipinski definition) is 1. The van der Waals surface area contributed by atoms with Gasteiger partial charge in [0.1, 0.15) is 11.4 Å². The number of fused-ring (bicyclic) bond motifs is 1. The van der Waals surface area contributed by atoms with Crippen LogP contribution in [0.4, 0.5) is 0 Å². The zero-order valence-electron chi connectivity index (χ0n) is 10.7. The summed E-state index contributed by atoms with van der Waals surface area (Å²) in [4.78, 5) is 13.8. The second-order valence-electron chi connectivity index (χ2n) is 5.32. The lowest BCUT2D eigenvalue weighted by Gasteiger charge is -2.45. The van der Waals surface area contributed by atoms with Crippen LogP contribution in [-0.2, 0) is 11.2 Å². The summed E-state index contributed by atoms with van der Waals surface area (Å²) in [6.07, 6.45) is 0.0712. The molecule has 1 amide bonds. The van der Waals surface area contributed by atoms with Gasteiger partial charge in [0.15, 0.2) is 6.10 Å². The molecule has 0 aromatic heterocycles. The molecule has 1 atom stereocenters. The monoisotopic (exact) mass is 336 g/mol. The number of aliphatic hydroxyl groups is 1. The van der Waals surface area contributed by atoms with Crippen molar-refractivity contribution in [2.75, 3.05) is 13.1 Å². The van der Waals surface area contributed by atoms with E-state index in [9.17, 15) is 9.90 Å². The molecule has 2 aliphatic heterocycles. The zero-order chi connectivity index (χ0) is 14.3. The van der Waals surface area contributed by atoms with E-state index in [0.29, 0.717) is 6.42 Å². The number of likely N-dealkylation sites (tertiary alicyclic amines) is 1. The van der Waals surface area contributed by atoms with Crippen molar-refractivity contribution in [3.05, 3.63) is 28.2 Å². The second-order valence-corrected chi connectivity index (χ2v) is 6.23. The summed E-state index contributed by atoms with van der Waals surface area (Å²) < 4.78 is 6.61. The lowest BCUT2D eigenvalue weighted by Crippen LogP contribution is -2.65. The third-order valence-electron chi connectivity index (χ3n) is 3.66. The summed E-state index contributed by atoms with van der Waals surface area (Å²) in [5, 5.41) is 18.5. The predicted octanol–water partition coefficient (Wildman–Crippen LogP) is 1.24. The van der Waals surface area contributed by atoms with Gasteiger partial charge in [-0.25, -0.2) is 0 Å². The molecule has 1 unspecified atom stereocenters. The third kappa shape index (κ3) is 2.28. The van der Waals surface area contributed by atoms with Gasteiger partial charge in [0.2, 0.25) is 0 Å². The van der Waals surface area contributed by atoms with Gasteiger partial charge in [-0.15, -0.1) is 0 Å². The molecular weight excluding hydrogens is 324 g/mol. The summed E-state index contributed by atoms with van der Waals surface area (Å²) >= 11 is 3.39. The van der Waals surface area contributed by atoms with Gasteiger partial charge in [-0.3, -0.25) is 4.79 Å². The number of nitriles is 1. The van der Waals surface area contributed by atoms with E-state index >= 15 is 0 Å². The van der Waals surface area contributed by atoms with Gasteiger partial charge in [0.25, 0.3) is 5.91 Å². The number of β-amino-alcohol motifs (C(OH)–C–C–N with tert-alkyl or cyclic N) is 1. The van der Waals surface area contributed by atoms with Crippen LogP contribution in [0, 0.1) is 11.3 Å². The minimum absolute atomic E-state index is 0.0511. The molecule has 20 heavy (non-hydrogen) atoms. The zero-order valence-corrected chi connectivity index (χ0v) is 12.3. The Morgan fingerprint density at radius 3 is 3.05 bits per heavy atom. The van der Waals surface area contributed by atoms with Crippen molar-refractivity contribution in [1.29, 1.82) is 5.26 Å². The maximum atomic E-state index is 12.3. The highest BCUT2D eigenvalue weighted by Gasteiger charge is 2.46. The highest BCUT2D eigenvalue weighted by atomic mass is 79.9. The first kappa shape index (κ1) is 13.4. The number of hydrogen-bond acceptors (Lipinski definition) is 4. The standard InChI is InChI=1S/C14H13BrN2O3/c15-10-1-2-11-9(5-10)6-12(20-11)13(18)17-7-14(19,8-17)3-4-16/h1-2,5,12,19H,3,6-8H2. The van der Waals surface area contributed by atoms with Crippen LogP contribution in [0.25, 0.3) is 0 Å². The van der Waals surface area contributed by atoms with Crippen LogP contribution in [0.15, 0.2) is 22.7 Å². The summed E-state index contributed by atoms with van der Waals surface area (Å²) in [5.41, 5.74) is -0.0376. The van der Waals surface area contributed by atoms with E-state index in [4.69, 9.17) is 10.00 Å². The van der Waals surface area contributed by atoms with E-state index in [2.05, 4.69) is 15.9 Å². The minimum atomic E-state index is -1.04. The molecule has 0 spiro atoms. The Morgan fingerprint density at radius 2 is 2.35 bits per heavy atom. The van der Waals surface area contributed by atoms with Crippen molar-refractivity contribution in [3.8, 4) is 11.8 Å². The molecule has 1 saturated heterocycles. The number of rotatable bonds is 2. The summed E-state index contributed by atoms with van der Waals surface area (Å²) in [6.45, 7) is 0.415. The molecule has 2 aliphatic rings. The van der Waals surface area contributed by atoms with Crippen LogP contribution in [0.2, 0.25) is 0 Å². The average molecular weight is 337 g/mol. The maximum absolute atomic E-state index is 12.3. The lowest BCUT2D eigenvalue weighted by atomic mass is 9.90. The van der Waals surface area contributed by atoms with Crippen LogP contribution in [-0.4, -0.2) is 40.7 Å². The van der Waals surface area contributed by atoms with Gasteiger partial charge in [0, 0.05) is 10.9 Å². The maximum Gasteiger partial charge on any atom is 0.264 e. The molecule has 1 aromatic carbocycles. The van der Waals surface area contributed by atoms with Crippen molar-refractivity contribution in [3.63, 3.8) is 0 Å². The molecule has 1 N–H and O–H groups in total. The Balaban J connectivity index is 1.63. The molecule has 0 radical (unpaired) electrons. The van der Waals surface area contributed by atoms with Crippen molar-refractivity contribution in [1.82, 2.24) is 4.90 Å². The first-order valence-electron chi connectivity index (χ1n) is 6.34. The number of carbonyl (C=O) groups is 1. The first-order valence-corrected chi connectivity index (χ1v) is 7.13. The fraction of sp³-hybridized carbons (Fsp3) is 0.429. The SMILES string of the molecule is N#CCC1(O)CN(C(=O)C2Cc3cc(Br)ccc3O2)C1. The predicted molar refractivity (Wildman–Crippen MR) is 74.0 cm³/mol. The van der Waals surface area contributed by atoms with E-state index in [0.717, 1.165) is 15.8 Å². The number of benzene rings is 1. The van der Waals surface area contributed by atoms with Crippen molar-refractivity contribution < 1.29 is 14.6 Å². The molecular formula is C14H13BrN2O3. The van der Waals surface area contributed by atoms with Crippen molar-refractivity contribution in [2.45, 2.75) is 24.5 Å². The van der Waals surface area contributed by atoms with Crippen LogP contribution >= 0.6 is 15.9 Å². The number of nitrogens with zero attached hydrogens (tertiary/aromatic N) is 2. The van der Waals surface area contributed by atoms with Gasteiger partial charge in [-0.1, -0.05) is 15.9 Å². The van der Waals surface area contributed by atoms with Crippen molar-refractivity contribution >= 4 is 21.8 Å². The van der Waals surface area contributed by atoms with Gasteiger partial charge in [-0.2, -0.15) is 5.26 Å². The number of amides is 1. The molecule has 2 heterocycles. The number of ether oxygens (including phenoxy) is 1. The summed E-state index contributed by atoms with van der Waals surface area (Å²) in [5.74, 6) is 0.610. The Morgan fingerprint density at radius 1 is 1.60 bits per heavy atom. The largest absolute Gasteiger partial charge is 0.480 e. The molecule has 0 aliphatic carbocycles. The fourth-order valence-corrected chi connectivity index (χ4v) is 3.05. The lowest BCUT2D eigenvalue weighted by molar-refractivity contribution is -0.160. The molecule has 5 nitrogen and oxygen atoms in total. The second kappa shape index (κ2) is 4.76. The van der Waals surface area contributed by atoms with Crippen LogP contribution in [0.3, 0.4) is 0 Å². The van der Waals surface area contributed by atoms with E-state index in [1.54, 1.807) is 4.90 Å². The third-order valence-corrected chi connectivity index (χ3v) is 4.16. The van der Waals surface area contributed by atoms with Crippen LogP contribution < -0.4 is 4.74 Å². The Labute approximate surface area is 124 Å². The normalized spacial score (nSPS) is 22.4. The fourth-order valence-electron chi connectivity index (χ4n) is 2.64. The molecule has 6 heteroatoms.